The molecule has 12 heteroatoms. The molecule has 2 heterocycles. The number of rotatable bonds is 12. The van der Waals surface area contributed by atoms with E-state index in [1.807, 2.05) is 41.5 Å². The molecule has 2 aromatic rings. The highest BCUT2D eigenvalue weighted by Crippen LogP contribution is 2.34. The molecule has 2 fully saturated rings. The Morgan fingerprint density at radius 2 is 1.81 bits per heavy atom. The third-order valence-electron chi connectivity index (χ3n) is 9.68. The van der Waals surface area contributed by atoms with Crippen LogP contribution >= 0.6 is 0 Å². The number of H-pyrrole nitrogens is 1. The van der Waals surface area contributed by atoms with E-state index in [0.717, 1.165) is 57.1 Å². The molecule has 48 heavy (non-hydrogen) atoms. The van der Waals surface area contributed by atoms with E-state index < -0.39 is 35.5 Å². The van der Waals surface area contributed by atoms with Crippen molar-refractivity contribution in [1.82, 2.24) is 20.2 Å². The summed E-state index contributed by atoms with van der Waals surface area (Å²) in [7, 11) is 0. The van der Waals surface area contributed by atoms with E-state index in [0.29, 0.717) is 37.0 Å². The fourth-order valence-corrected chi connectivity index (χ4v) is 7.13. The summed E-state index contributed by atoms with van der Waals surface area (Å²) in [6.45, 7) is 12.2. The minimum absolute atomic E-state index is 0.0440. The lowest BCUT2D eigenvalue weighted by Gasteiger charge is -2.33. The molecule has 0 spiro atoms. The first-order valence-corrected chi connectivity index (χ1v) is 17.4. The highest BCUT2D eigenvalue weighted by molar-refractivity contribution is 5.93. The zero-order valence-corrected chi connectivity index (χ0v) is 29.0. The number of nitrogens with one attached hydrogen (secondary N) is 2. The molecule has 1 saturated carbocycles. The van der Waals surface area contributed by atoms with E-state index in [-0.39, 0.29) is 46.5 Å². The van der Waals surface area contributed by atoms with Gasteiger partial charge in [0.05, 0.1) is 22.6 Å². The first kappa shape index (κ1) is 37.4. The number of fused-ring (bicyclic) bond motifs is 1. The summed E-state index contributed by atoms with van der Waals surface area (Å²) in [5.41, 5.74) is -0.914. The smallest absolute Gasteiger partial charge is 0.416 e. The lowest BCUT2D eigenvalue weighted by atomic mass is 9.87. The summed E-state index contributed by atoms with van der Waals surface area (Å²) in [6.07, 6.45) is 1.99. The minimum Gasteiger partial charge on any atom is -0.446 e. The molecule has 5 atom stereocenters. The number of unbranched alkanes of at least 4 members (excludes halogenated alkanes) is 2. The van der Waals surface area contributed by atoms with Crippen molar-refractivity contribution in [2.75, 3.05) is 6.54 Å². The predicted octanol–water partition coefficient (Wildman–Crippen LogP) is 7.21. The van der Waals surface area contributed by atoms with Gasteiger partial charge in [-0.15, -0.1) is 0 Å². The first-order chi connectivity index (χ1) is 22.4. The largest absolute Gasteiger partial charge is 0.446 e. The van der Waals surface area contributed by atoms with Gasteiger partial charge in [-0.25, -0.2) is 9.78 Å². The molecule has 0 radical (unpaired) electrons. The number of benzene rings is 1. The van der Waals surface area contributed by atoms with Gasteiger partial charge >= 0.3 is 12.3 Å². The second kappa shape index (κ2) is 15.4. The van der Waals surface area contributed by atoms with Crippen molar-refractivity contribution in [2.24, 2.45) is 23.2 Å². The van der Waals surface area contributed by atoms with E-state index in [4.69, 9.17) is 4.74 Å². The molecule has 0 bridgehead atoms. The monoisotopic (exact) mass is 676 g/mol. The van der Waals surface area contributed by atoms with Crippen LogP contribution in [0.4, 0.5) is 18.0 Å². The number of likely N-dealkylation sites (tertiary alicyclic amines) is 1. The van der Waals surface area contributed by atoms with Crippen LogP contribution in [0.1, 0.15) is 111 Å². The molecule has 2 N–H and O–H groups in total. The van der Waals surface area contributed by atoms with Crippen LogP contribution in [0.2, 0.25) is 0 Å². The minimum atomic E-state index is -4.50. The standard InChI is InChI=1S/C36H51F3N4O5/c1-21(2)31(44)30-22(3)17-18-43(30)33(46)28(20-35(4,5)6)42-34(47)48-29-14-10-12-23(29)11-8-7-9-13-26-32(45)41-27-19-24(36(37,38)39)15-16-25(27)40-26/h15-16,19,21-23,28-30H,7-14,17-18,20H2,1-6H3,(H,41,45)(H,42,47). The molecule has 1 aliphatic heterocycles. The van der Waals surface area contributed by atoms with Crippen LogP contribution in [-0.2, 0) is 26.9 Å². The van der Waals surface area contributed by atoms with Crippen LogP contribution in [-0.4, -0.2) is 57.4 Å². The molecule has 1 aromatic heterocycles. The van der Waals surface area contributed by atoms with Gasteiger partial charge in [-0.2, -0.15) is 13.2 Å². The molecule has 5 unspecified atom stereocenters. The molecule has 1 aliphatic carbocycles. The number of ketones is 1. The molecular formula is C36H51F3N4O5. The highest BCUT2D eigenvalue weighted by Gasteiger charge is 2.43. The fourth-order valence-electron chi connectivity index (χ4n) is 7.13. The number of hydrogen-bond donors (Lipinski definition) is 2. The van der Waals surface area contributed by atoms with Crippen LogP contribution in [0.5, 0.6) is 0 Å². The number of nitrogens with zero attached hydrogens (tertiary/aromatic N) is 2. The summed E-state index contributed by atoms with van der Waals surface area (Å²) in [5, 5.41) is 2.87. The summed E-state index contributed by atoms with van der Waals surface area (Å²) in [4.78, 5) is 61.0. The third-order valence-corrected chi connectivity index (χ3v) is 9.68. The van der Waals surface area contributed by atoms with Gasteiger partial charge < -0.3 is 19.9 Å². The fraction of sp³-hybridized carbons (Fsp3) is 0.694. The van der Waals surface area contributed by atoms with E-state index in [9.17, 15) is 32.3 Å². The average molecular weight is 677 g/mol. The molecule has 266 valence electrons. The van der Waals surface area contributed by atoms with Crippen LogP contribution < -0.4 is 10.9 Å². The number of aromatic nitrogens is 2. The number of carbonyl (C=O) groups is 3. The number of halogens is 3. The van der Waals surface area contributed by atoms with E-state index in [2.05, 4.69) is 15.3 Å². The summed E-state index contributed by atoms with van der Waals surface area (Å²) in [5.74, 6) is -0.142. The Morgan fingerprint density at radius 3 is 2.48 bits per heavy atom. The zero-order valence-electron chi connectivity index (χ0n) is 29.0. The number of amides is 2. The SMILES string of the molecule is CC(C)C(=O)C1C(C)CCN1C(=O)C(CC(C)(C)C)NC(=O)OC1CCCC1CCCCCc1nc2ccc(C(F)(F)F)cc2[nH]c1=O. The maximum atomic E-state index is 13.8. The maximum Gasteiger partial charge on any atom is 0.416 e. The van der Waals surface area contributed by atoms with Crippen molar-refractivity contribution in [1.29, 1.82) is 0 Å². The molecule has 2 aliphatic rings. The lowest BCUT2D eigenvalue weighted by molar-refractivity contribution is -0.141. The Labute approximate surface area is 280 Å². The Bertz CT molecular complexity index is 1520. The first-order valence-electron chi connectivity index (χ1n) is 17.4. The third kappa shape index (κ3) is 9.59. The summed E-state index contributed by atoms with van der Waals surface area (Å²) < 4.78 is 45.0. The Balaban J connectivity index is 1.29. The summed E-state index contributed by atoms with van der Waals surface area (Å²) in [6, 6.07) is 1.84. The highest BCUT2D eigenvalue weighted by atomic mass is 19.4. The zero-order chi connectivity index (χ0) is 35.4. The van der Waals surface area contributed by atoms with E-state index >= 15 is 0 Å². The van der Waals surface area contributed by atoms with Gasteiger partial charge in [0.2, 0.25) is 5.91 Å². The van der Waals surface area contributed by atoms with Crippen molar-refractivity contribution < 1.29 is 32.3 Å². The van der Waals surface area contributed by atoms with Crippen LogP contribution in [0, 0.1) is 23.2 Å². The molecule has 4 rings (SSSR count). The Morgan fingerprint density at radius 1 is 1.08 bits per heavy atom. The van der Waals surface area contributed by atoms with Gasteiger partial charge in [-0.1, -0.05) is 54.4 Å². The van der Waals surface area contributed by atoms with Crippen molar-refractivity contribution in [3.05, 3.63) is 39.8 Å². The molecule has 1 saturated heterocycles. The Kier molecular flexibility index (Phi) is 12.0. The van der Waals surface area contributed by atoms with Gasteiger partial charge in [-0.05, 0) is 86.8 Å². The number of Topliss-reactive ketones (excluding diaryl/α,β-unsaturated/α-hetero) is 1. The molecule has 2 amide bonds. The second-order valence-electron chi connectivity index (χ2n) is 15.2. The number of ether oxygens (including phenoxy) is 1. The average Bonchev–Trinajstić information content (AvgIpc) is 3.60. The van der Waals surface area contributed by atoms with E-state index in [1.54, 1.807) is 4.90 Å². The molecule has 1 aromatic carbocycles. The lowest BCUT2D eigenvalue weighted by Crippen LogP contribution is -2.54. The van der Waals surface area contributed by atoms with E-state index in [1.165, 1.54) is 6.07 Å². The van der Waals surface area contributed by atoms with Crippen LogP contribution in [0.25, 0.3) is 11.0 Å². The van der Waals surface area contributed by atoms with Crippen molar-refractivity contribution in [2.45, 2.75) is 130 Å². The molecule has 9 nitrogen and oxygen atoms in total. The van der Waals surface area contributed by atoms with Gasteiger partial charge in [0.15, 0.2) is 5.78 Å². The summed E-state index contributed by atoms with van der Waals surface area (Å²) >= 11 is 0. The van der Waals surface area contributed by atoms with Crippen molar-refractivity contribution in [3.63, 3.8) is 0 Å². The normalized spacial score (nSPS) is 22.3. The maximum absolute atomic E-state index is 13.8. The number of aryl methyl sites for hydroxylation is 1. The van der Waals surface area contributed by atoms with Crippen molar-refractivity contribution in [3.8, 4) is 0 Å². The predicted molar refractivity (Wildman–Crippen MR) is 177 cm³/mol. The van der Waals surface area contributed by atoms with Crippen molar-refractivity contribution >= 4 is 28.8 Å². The number of alkyl carbamates (subject to hydrolysis) is 1. The van der Waals surface area contributed by atoms with Gasteiger partial charge in [0.1, 0.15) is 17.8 Å². The van der Waals surface area contributed by atoms with Gasteiger partial charge in [0, 0.05) is 12.5 Å². The Hall–Kier alpha value is -3.44. The van der Waals surface area contributed by atoms with Gasteiger partial charge in [0.25, 0.3) is 5.56 Å². The quantitative estimate of drug-likeness (QED) is 0.229. The number of alkyl halides is 3. The molecular weight excluding hydrogens is 625 g/mol. The second-order valence-corrected chi connectivity index (χ2v) is 15.2. The number of carbonyl (C=O) groups excluding carboxylic acids is 3. The number of hydrogen-bond acceptors (Lipinski definition) is 6. The number of aromatic amines is 1. The van der Waals surface area contributed by atoms with Crippen LogP contribution in [0.15, 0.2) is 23.0 Å². The van der Waals surface area contributed by atoms with Crippen LogP contribution in [0.3, 0.4) is 0 Å². The topological polar surface area (TPSA) is 121 Å². The van der Waals surface area contributed by atoms with Gasteiger partial charge in [-0.3, -0.25) is 14.4 Å².